The van der Waals surface area contributed by atoms with E-state index in [2.05, 4.69) is 5.32 Å². The van der Waals surface area contributed by atoms with Crippen molar-refractivity contribution in [3.63, 3.8) is 0 Å². The van der Waals surface area contributed by atoms with Gasteiger partial charge in [-0.3, -0.25) is 9.59 Å². The molecule has 1 fully saturated rings. The molecule has 0 aliphatic heterocycles. The summed E-state index contributed by atoms with van der Waals surface area (Å²) in [6, 6.07) is 5.71. The molecule has 4 heteroatoms. The van der Waals surface area contributed by atoms with Crippen LogP contribution in [0.5, 0.6) is 0 Å². The summed E-state index contributed by atoms with van der Waals surface area (Å²) in [5.41, 5.74) is 2.06. The molecule has 1 amide bonds. The summed E-state index contributed by atoms with van der Waals surface area (Å²) in [7, 11) is 0. The second kappa shape index (κ2) is 5.03. The molecular formula is C15H19NO3. The van der Waals surface area contributed by atoms with E-state index in [1.54, 1.807) is 0 Å². The first-order valence-electron chi connectivity index (χ1n) is 6.54. The molecule has 19 heavy (non-hydrogen) atoms. The normalized spacial score (nSPS) is 16.5. The summed E-state index contributed by atoms with van der Waals surface area (Å²) in [6.45, 7) is 3.93. The average Bonchev–Trinajstić information content (AvgIpc) is 2.29. The smallest absolute Gasteiger partial charge is 0.310 e. The van der Waals surface area contributed by atoms with Gasteiger partial charge in [0.2, 0.25) is 5.91 Å². The highest BCUT2D eigenvalue weighted by atomic mass is 16.4. The number of benzene rings is 1. The zero-order chi connectivity index (χ0) is 14.0. The maximum Gasteiger partial charge on any atom is 0.310 e. The van der Waals surface area contributed by atoms with Gasteiger partial charge in [-0.2, -0.15) is 0 Å². The number of hydrogen-bond donors (Lipinski definition) is 2. The third-order valence-corrected chi connectivity index (χ3v) is 4.14. The Morgan fingerprint density at radius 3 is 2.53 bits per heavy atom. The predicted molar refractivity (Wildman–Crippen MR) is 73.1 cm³/mol. The molecule has 0 atom stereocenters. The first kappa shape index (κ1) is 13.6. The van der Waals surface area contributed by atoms with Crippen LogP contribution in [0, 0.1) is 19.3 Å². The molecule has 0 radical (unpaired) electrons. The highest BCUT2D eigenvalue weighted by Gasteiger charge is 2.45. The number of carboxylic acid groups (broad SMARTS) is 1. The Labute approximate surface area is 112 Å². The van der Waals surface area contributed by atoms with Crippen molar-refractivity contribution in [2.75, 3.05) is 5.32 Å². The van der Waals surface area contributed by atoms with E-state index in [4.69, 9.17) is 0 Å². The molecule has 4 nitrogen and oxygen atoms in total. The van der Waals surface area contributed by atoms with Crippen LogP contribution >= 0.6 is 0 Å². The molecule has 1 aliphatic rings. The van der Waals surface area contributed by atoms with Crippen LogP contribution in [-0.4, -0.2) is 17.0 Å². The molecule has 2 N–H and O–H groups in total. The van der Waals surface area contributed by atoms with E-state index in [9.17, 15) is 14.7 Å². The van der Waals surface area contributed by atoms with Crippen LogP contribution < -0.4 is 5.32 Å². The lowest BCUT2D eigenvalue weighted by molar-refractivity contribution is -0.157. The van der Waals surface area contributed by atoms with E-state index >= 15 is 0 Å². The zero-order valence-electron chi connectivity index (χ0n) is 11.3. The zero-order valence-corrected chi connectivity index (χ0v) is 11.3. The van der Waals surface area contributed by atoms with Gasteiger partial charge in [0.05, 0.1) is 5.41 Å². The maximum atomic E-state index is 12.0. The van der Waals surface area contributed by atoms with Crippen molar-refractivity contribution in [1.82, 2.24) is 0 Å². The highest BCUT2D eigenvalue weighted by molar-refractivity contribution is 5.95. The van der Waals surface area contributed by atoms with E-state index in [0.29, 0.717) is 12.8 Å². The molecule has 2 rings (SSSR count). The number of aliphatic carboxylic acids is 1. The molecule has 0 heterocycles. The summed E-state index contributed by atoms with van der Waals surface area (Å²) in [5.74, 6) is -1.06. The monoisotopic (exact) mass is 261 g/mol. The quantitative estimate of drug-likeness (QED) is 0.875. The lowest BCUT2D eigenvalue weighted by Gasteiger charge is -2.36. The molecule has 0 aromatic heterocycles. The molecule has 1 aromatic rings. The lowest BCUT2D eigenvalue weighted by Crippen LogP contribution is -2.41. The van der Waals surface area contributed by atoms with Gasteiger partial charge in [0.25, 0.3) is 0 Å². The maximum absolute atomic E-state index is 12.0. The largest absolute Gasteiger partial charge is 0.481 e. The van der Waals surface area contributed by atoms with Crippen LogP contribution in [0.4, 0.5) is 5.69 Å². The summed E-state index contributed by atoms with van der Waals surface area (Å²) in [6.07, 6.45) is 2.16. The third kappa shape index (κ3) is 2.62. The number of anilines is 1. The molecular weight excluding hydrogens is 242 g/mol. The molecule has 0 unspecified atom stereocenters. The summed E-state index contributed by atoms with van der Waals surface area (Å²) in [4.78, 5) is 23.2. The van der Waals surface area contributed by atoms with Crippen molar-refractivity contribution in [3.05, 3.63) is 29.3 Å². The van der Waals surface area contributed by atoms with E-state index in [0.717, 1.165) is 23.2 Å². The van der Waals surface area contributed by atoms with E-state index in [-0.39, 0.29) is 12.3 Å². The molecule has 0 saturated heterocycles. The third-order valence-electron chi connectivity index (χ3n) is 4.14. The van der Waals surface area contributed by atoms with Crippen LogP contribution in [0.2, 0.25) is 0 Å². The second-order valence-electron chi connectivity index (χ2n) is 5.41. The van der Waals surface area contributed by atoms with Gasteiger partial charge < -0.3 is 10.4 Å². The number of amides is 1. The van der Waals surface area contributed by atoms with Crippen molar-refractivity contribution in [2.45, 2.75) is 39.5 Å². The first-order valence-corrected chi connectivity index (χ1v) is 6.54. The minimum absolute atomic E-state index is 0.0652. The van der Waals surface area contributed by atoms with Crippen molar-refractivity contribution in [2.24, 2.45) is 5.41 Å². The van der Waals surface area contributed by atoms with E-state index in [1.807, 2.05) is 32.0 Å². The number of nitrogens with one attached hydrogen (secondary N) is 1. The van der Waals surface area contributed by atoms with Gasteiger partial charge >= 0.3 is 5.97 Å². The topological polar surface area (TPSA) is 66.4 Å². The molecule has 1 aliphatic carbocycles. The predicted octanol–water partition coefficient (Wildman–Crippen LogP) is 2.89. The lowest BCUT2D eigenvalue weighted by atomic mass is 9.66. The van der Waals surface area contributed by atoms with Crippen LogP contribution in [0.25, 0.3) is 0 Å². The number of aryl methyl sites for hydroxylation is 1. The average molecular weight is 261 g/mol. The van der Waals surface area contributed by atoms with Crippen LogP contribution in [0.1, 0.15) is 36.8 Å². The minimum Gasteiger partial charge on any atom is -0.481 e. The summed E-state index contributed by atoms with van der Waals surface area (Å²) < 4.78 is 0. The summed E-state index contributed by atoms with van der Waals surface area (Å²) in [5, 5.41) is 12.0. The number of carbonyl (C=O) groups is 2. The van der Waals surface area contributed by atoms with Crippen molar-refractivity contribution in [1.29, 1.82) is 0 Å². The molecule has 0 spiro atoms. The Bertz CT molecular complexity index is 518. The Morgan fingerprint density at radius 2 is 2.00 bits per heavy atom. The van der Waals surface area contributed by atoms with Crippen LogP contribution in [-0.2, 0) is 9.59 Å². The van der Waals surface area contributed by atoms with Crippen molar-refractivity contribution >= 4 is 17.6 Å². The van der Waals surface area contributed by atoms with Crippen LogP contribution in [0.15, 0.2) is 18.2 Å². The van der Waals surface area contributed by atoms with Gasteiger partial charge in [0.1, 0.15) is 0 Å². The molecule has 102 valence electrons. The van der Waals surface area contributed by atoms with E-state index in [1.165, 1.54) is 0 Å². The first-order chi connectivity index (χ1) is 8.94. The fourth-order valence-corrected chi connectivity index (χ4v) is 2.46. The Hall–Kier alpha value is -1.84. The van der Waals surface area contributed by atoms with Crippen molar-refractivity contribution < 1.29 is 14.7 Å². The van der Waals surface area contributed by atoms with Gasteiger partial charge in [0.15, 0.2) is 0 Å². The van der Waals surface area contributed by atoms with Crippen LogP contribution in [0.3, 0.4) is 0 Å². The van der Waals surface area contributed by atoms with Gasteiger partial charge in [-0.25, -0.2) is 0 Å². The molecule has 1 saturated carbocycles. The second-order valence-corrected chi connectivity index (χ2v) is 5.41. The number of carboxylic acids is 1. The van der Waals surface area contributed by atoms with E-state index < -0.39 is 11.4 Å². The van der Waals surface area contributed by atoms with Gasteiger partial charge in [-0.1, -0.05) is 18.6 Å². The number of rotatable bonds is 4. The van der Waals surface area contributed by atoms with Crippen molar-refractivity contribution in [3.8, 4) is 0 Å². The fraction of sp³-hybridized carbons (Fsp3) is 0.467. The minimum atomic E-state index is -0.852. The molecule has 1 aromatic carbocycles. The van der Waals surface area contributed by atoms with Gasteiger partial charge in [-0.15, -0.1) is 0 Å². The Kier molecular flexibility index (Phi) is 3.60. The Morgan fingerprint density at radius 1 is 1.32 bits per heavy atom. The van der Waals surface area contributed by atoms with Gasteiger partial charge in [-0.05, 0) is 43.9 Å². The standard InChI is InChI=1S/C15H19NO3/c1-10-5-3-6-12(11(10)2)16-13(17)9-15(14(18)19)7-4-8-15/h3,5-6H,4,7-9H2,1-2H3,(H,16,17)(H,18,19). The number of hydrogen-bond acceptors (Lipinski definition) is 2. The SMILES string of the molecule is Cc1cccc(NC(=O)CC2(C(=O)O)CCC2)c1C. The highest BCUT2D eigenvalue weighted by Crippen LogP contribution is 2.44. The Balaban J connectivity index is 2.06. The number of carbonyl (C=O) groups excluding carboxylic acids is 1. The fourth-order valence-electron chi connectivity index (χ4n) is 2.46. The summed E-state index contributed by atoms with van der Waals surface area (Å²) >= 11 is 0. The van der Waals surface area contributed by atoms with Gasteiger partial charge in [0, 0.05) is 12.1 Å². The molecule has 0 bridgehead atoms.